The Kier molecular flexibility index (Phi) is 3.23. The zero-order valence-corrected chi connectivity index (χ0v) is 9.87. The van der Waals surface area contributed by atoms with Crippen molar-refractivity contribution in [3.05, 3.63) is 28.4 Å². The van der Waals surface area contributed by atoms with Gasteiger partial charge in [0, 0.05) is 25.4 Å². The van der Waals surface area contributed by atoms with Crippen LogP contribution in [0.25, 0.3) is 0 Å². The minimum atomic E-state index is -0.396. The molecule has 2 atom stereocenters. The molecule has 1 saturated heterocycles. The number of aromatic nitrogens is 1. The molecule has 6 heteroatoms. The van der Waals surface area contributed by atoms with Crippen LogP contribution in [0.5, 0.6) is 0 Å². The third-order valence-electron chi connectivity index (χ3n) is 2.68. The molecule has 0 unspecified atom stereocenters. The molecule has 1 aliphatic heterocycles. The summed E-state index contributed by atoms with van der Waals surface area (Å²) < 4.78 is 5.60. The normalized spacial score (nSPS) is 24.7. The second-order valence-electron chi connectivity index (χ2n) is 4.27. The number of rotatable bonds is 2. The number of anilines is 1. The highest BCUT2D eigenvalue weighted by Crippen LogP contribution is 2.27. The first-order valence-corrected chi connectivity index (χ1v) is 5.57. The van der Waals surface area contributed by atoms with Crippen molar-refractivity contribution < 1.29 is 9.66 Å². The summed E-state index contributed by atoms with van der Waals surface area (Å²) in [7, 11) is 0. The molecule has 0 radical (unpaired) electrons. The number of morpholine rings is 1. The second kappa shape index (κ2) is 4.67. The first kappa shape index (κ1) is 11.8. The molecule has 6 nitrogen and oxygen atoms in total. The van der Waals surface area contributed by atoms with E-state index in [-0.39, 0.29) is 17.9 Å². The van der Waals surface area contributed by atoms with Crippen LogP contribution in [0.1, 0.15) is 13.8 Å². The Morgan fingerprint density at radius 2 is 2.12 bits per heavy atom. The number of hydrogen-bond acceptors (Lipinski definition) is 5. The van der Waals surface area contributed by atoms with E-state index in [2.05, 4.69) is 4.98 Å². The van der Waals surface area contributed by atoms with Gasteiger partial charge >= 0.3 is 5.69 Å². The summed E-state index contributed by atoms with van der Waals surface area (Å²) in [5.74, 6) is 0.430. The molecule has 0 N–H and O–H groups in total. The number of pyridine rings is 1. The number of nitrogens with zero attached hydrogens (tertiary/aromatic N) is 3. The van der Waals surface area contributed by atoms with Gasteiger partial charge in [-0.1, -0.05) is 0 Å². The van der Waals surface area contributed by atoms with E-state index in [4.69, 9.17) is 4.74 Å². The molecular weight excluding hydrogens is 222 g/mol. The first-order chi connectivity index (χ1) is 8.08. The van der Waals surface area contributed by atoms with E-state index in [1.54, 1.807) is 12.3 Å². The minimum Gasteiger partial charge on any atom is -0.372 e. The van der Waals surface area contributed by atoms with Crippen LogP contribution in [0.3, 0.4) is 0 Å². The lowest BCUT2D eigenvalue weighted by Crippen LogP contribution is -2.46. The smallest absolute Gasteiger partial charge is 0.311 e. The van der Waals surface area contributed by atoms with Crippen LogP contribution in [-0.2, 0) is 4.74 Å². The topological polar surface area (TPSA) is 68.5 Å². The van der Waals surface area contributed by atoms with E-state index in [0.717, 1.165) is 0 Å². The molecule has 1 aliphatic rings. The molecule has 0 bridgehead atoms. The molecule has 0 aliphatic carbocycles. The quantitative estimate of drug-likeness (QED) is 0.577. The molecular formula is C11H15N3O3. The summed E-state index contributed by atoms with van der Waals surface area (Å²) in [6, 6.07) is 3.06. The predicted octanol–water partition coefficient (Wildman–Crippen LogP) is 1.60. The molecule has 1 fully saturated rings. The van der Waals surface area contributed by atoms with Crippen LogP contribution in [0.2, 0.25) is 0 Å². The van der Waals surface area contributed by atoms with E-state index >= 15 is 0 Å². The van der Waals surface area contributed by atoms with Crippen molar-refractivity contribution in [1.29, 1.82) is 0 Å². The SMILES string of the molecule is C[C@@H]1CN(c2ncccc2[N+](=O)[O-])C[C@H](C)O1. The van der Waals surface area contributed by atoms with Crippen molar-refractivity contribution in [2.75, 3.05) is 18.0 Å². The minimum absolute atomic E-state index is 0.0498. The largest absolute Gasteiger partial charge is 0.372 e. The Labute approximate surface area is 99.4 Å². The maximum Gasteiger partial charge on any atom is 0.311 e. The Hall–Kier alpha value is -1.69. The molecule has 2 rings (SSSR count). The average Bonchev–Trinajstić information content (AvgIpc) is 2.27. The Bertz CT molecular complexity index is 414. The standard InChI is InChI=1S/C11H15N3O3/c1-8-6-13(7-9(2)17-8)11-10(14(15)16)4-3-5-12-11/h3-5,8-9H,6-7H2,1-2H3/t8-,9+. The highest BCUT2D eigenvalue weighted by atomic mass is 16.6. The van der Waals surface area contributed by atoms with Crippen LogP contribution in [0.15, 0.2) is 18.3 Å². The fraction of sp³-hybridized carbons (Fsp3) is 0.545. The second-order valence-corrected chi connectivity index (χ2v) is 4.27. The number of ether oxygens (including phenoxy) is 1. The zero-order chi connectivity index (χ0) is 12.4. The van der Waals surface area contributed by atoms with Gasteiger partial charge in [-0.15, -0.1) is 0 Å². The predicted molar refractivity (Wildman–Crippen MR) is 63.1 cm³/mol. The van der Waals surface area contributed by atoms with Gasteiger partial charge in [-0.25, -0.2) is 4.98 Å². The molecule has 0 aromatic carbocycles. The molecule has 1 aromatic rings. The van der Waals surface area contributed by atoms with Crippen LogP contribution >= 0.6 is 0 Å². The summed E-state index contributed by atoms with van der Waals surface area (Å²) in [6.45, 7) is 5.17. The van der Waals surface area contributed by atoms with E-state index in [0.29, 0.717) is 18.9 Å². The van der Waals surface area contributed by atoms with Crippen LogP contribution in [0, 0.1) is 10.1 Å². The lowest BCUT2D eigenvalue weighted by atomic mass is 10.2. The fourth-order valence-corrected chi connectivity index (χ4v) is 2.13. The maximum atomic E-state index is 10.9. The molecule has 2 heterocycles. The Balaban J connectivity index is 2.30. The van der Waals surface area contributed by atoms with Crippen molar-refractivity contribution in [2.45, 2.75) is 26.1 Å². The third kappa shape index (κ3) is 2.52. The summed E-state index contributed by atoms with van der Waals surface area (Å²) in [6.07, 6.45) is 1.69. The summed E-state index contributed by atoms with van der Waals surface area (Å²) >= 11 is 0. The third-order valence-corrected chi connectivity index (χ3v) is 2.68. The van der Waals surface area contributed by atoms with E-state index in [1.165, 1.54) is 6.07 Å². The van der Waals surface area contributed by atoms with Gasteiger partial charge in [0.25, 0.3) is 0 Å². The Morgan fingerprint density at radius 3 is 2.71 bits per heavy atom. The van der Waals surface area contributed by atoms with Crippen molar-refractivity contribution in [1.82, 2.24) is 4.98 Å². The van der Waals surface area contributed by atoms with Crippen molar-refractivity contribution >= 4 is 11.5 Å². The van der Waals surface area contributed by atoms with Gasteiger partial charge in [-0.2, -0.15) is 0 Å². The van der Waals surface area contributed by atoms with Gasteiger partial charge in [0.05, 0.1) is 17.1 Å². The van der Waals surface area contributed by atoms with Gasteiger partial charge < -0.3 is 9.64 Å². The van der Waals surface area contributed by atoms with Crippen LogP contribution < -0.4 is 4.90 Å². The van der Waals surface area contributed by atoms with Crippen molar-refractivity contribution in [3.63, 3.8) is 0 Å². The van der Waals surface area contributed by atoms with Crippen molar-refractivity contribution in [3.8, 4) is 0 Å². The van der Waals surface area contributed by atoms with E-state index in [1.807, 2.05) is 18.7 Å². The summed E-state index contributed by atoms with van der Waals surface area (Å²) in [5, 5.41) is 10.9. The van der Waals surface area contributed by atoms with Gasteiger partial charge in [-0.3, -0.25) is 10.1 Å². The van der Waals surface area contributed by atoms with Gasteiger partial charge in [0.2, 0.25) is 5.82 Å². The summed E-state index contributed by atoms with van der Waals surface area (Å²) in [4.78, 5) is 16.6. The molecule has 0 amide bonds. The monoisotopic (exact) mass is 237 g/mol. The highest BCUT2D eigenvalue weighted by molar-refractivity contribution is 5.57. The van der Waals surface area contributed by atoms with Gasteiger partial charge in [-0.05, 0) is 19.9 Å². The fourth-order valence-electron chi connectivity index (χ4n) is 2.13. The van der Waals surface area contributed by atoms with Gasteiger partial charge in [0.15, 0.2) is 0 Å². The van der Waals surface area contributed by atoms with Crippen molar-refractivity contribution in [2.24, 2.45) is 0 Å². The molecule has 1 aromatic heterocycles. The molecule has 17 heavy (non-hydrogen) atoms. The number of nitro groups is 1. The maximum absolute atomic E-state index is 10.9. The zero-order valence-electron chi connectivity index (χ0n) is 9.87. The lowest BCUT2D eigenvalue weighted by Gasteiger charge is -2.35. The number of hydrogen-bond donors (Lipinski definition) is 0. The first-order valence-electron chi connectivity index (χ1n) is 5.57. The molecule has 92 valence electrons. The molecule has 0 saturated carbocycles. The van der Waals surface area contributed by atoms with E-state index < -0.39 is 4.92 Å². The summed E-state index contributed by atoms with van der Waals surface area (Å²) in [5.41, 5.74) is 0.0498. The van der Waals surface area contributed by atoms with Crippen LogP contribution in [-0.4, -0.2) is 35.2 Å². The van der Waals surface area contributed by atoms with Gasteiger partial charge in [0.1, 0.15) is 0 Å². The Morgan fingerprint density at radius 1 is 1.47 bits per heavy atom. The molecule has 0 spiro atoms. The average molecular weight is 237 g/mol. The highest BCUT2D eigenvalue weighted by Gasteiger charge is 2.27. The van der Waals surface area contributed by atoms with Crippen LogP contribution in [0.4, 0.5) is 11.5 Å². The lowest BCUT2D eigenvalue weighted by molar-refractivity contribution is -0.384. The van der Waals surface area contributed by atoms with E-state index in [9.17, 15) is 10.1 Å².